The second kappa shape index (κ2) is 10.8. The highest BCUT2D eigenvalue weighted by atomic mass is 79.9. The Labute approximate surface area is 220 Å². The highest BCUT2D eigenvalue weighted by Crippen LogP contribution is 2.37. The van der Waals surface area contributed by atoms with Crippen molar-refractivity contribution in [3.63, 3.8) is 0 Å². The molecule has 1 aromatic carbocycles. The zero-order chi connectivity index (χ0) is 26.0. The molecule has 3 aromatic heterocycles. The minimum atomic E-state index is -0.845. The van der Waals surface area contributed by atoms with E-state index in [0.29, 0.717) is 16.6 Å². The predicted octanol–water partition coefficient (Wildman–Crippen LogP) is 4.95. The van der Waals surface area contributed by atoms with Crippen molar-refractivity contribution < 1.29 is 14.3 Å². The normalized spacial score (nSPS) is 12.0. The highest BCUT2D eigenvalue weighted by molar-refractivity contribution is 9.10. The summed E-state index contributed by atoms with van der Waals surface area (Å²) in [5.41, 5.74) is 1.63. The molecule has 0 bridgehead atoms. The van der Waals surface area contributed by atoms with Gasteiger partial charge in [0.25, 0.3) is 5.56 Å². The van der Waals surface area contributed by atoms with Crippen LogP contribution in [0.5, 0.6) is 0 Å². The molecule has 36 heavy (non-hydrogen) atoms. The number of esters is 1. The summed E-state index contributed by atoms with van der Waals surface area (Å²) in [5.74, 6) is -0.830. The van der Waals surface area contributed by atoms with Crippen molar-refractivity contribution in [1.82, 2.24) is 19.3 Å². The molecular weight excluding hydrogens is 546 g/mol. The molecule has 1 N–H and O–H groups in total. The van der Waals surface area contributed by atoms with Gasteiger partial charge in [-0.1, -0.05) is 41.9 Å². The molecule has 0 saturated carbocycles. The van der Waals surface area contributed by atoms with Gasteiger partial charge in [0.05, 0.1) is 24.5 Å². The van der Waals surface area contributed by atoms with Gasteiger partial charge in [0.1, 0.15) is 22.3 Å². The Morgan fingerprint density at radius 1 is 1.19 bits per heavy atom. The van der Waals surface area contributed by atoms with E-state index < -0.39 is 17.9 Å². The molecule has 0 saturated heterocycles. The predicted molar refractivity (Wildman–Crippen MR) is 144 cm³/mol. The molecular formula is C25H26BrN5O4S. The van der Waals surface area contributed by atoms with Crippen LogP contribution in [0.3, 0.4) is 0 Å². The Kier molecular flexibility index (Phi) is 7.70. The number of hydrogen-bond donors (Lipinski definition) is 1. The minimum Gasteiger partial charge on any atom is -0.462 e. The number of hydrogen-bond acceptors (Lipinski definition) is 7. The van der Waals surface area contributed by atoms with E-state index >= 15 is 0 Å². The average molecular weight is 572 g/mol. The van der Waals surface area contributed by atoms with E-state index in [4.69, 9.17) is 4.74 Å². The Bertz CT molecular complexity index is 1490. The van der Waals surface area contributed by atoms with Crippen molar-refractivity contribution >= 4 is 55.2 Å². The fourth-order valence-corrected chi connectivity index (χ4v) is 5.45. The lowest BCUT2D eigenvalue weighted by molar-refractivity contribution is -0.119. The first-order valence-corrected chi connectivity index (χ1v) is 13.2. The van der Waals surface area contributed by atoms with Crippen LogP contribution in [0, 0.1) is 0 Å². The quantitative estimate of drug-likeness (QED) is 0.300. The molecule has 0 spiro atoms. The lowest BCUT2D eigenvalue weighted by Crippen LogP contribution is -2.34. The number of carbonyl (C=O) groups is 2. The number of rotatable bonds is 8. The van der Waals surface area contributed by atoms with Crippen molar-refractivity contribution in [3.8, 4) is 11.1 Å². The highest BCUT2D eigenvalue weighted by Gasteiger charge is 2.27. The smallest absolute Gasteiger partial charge is 0.343 e. The number of benzene rings is 1. The van der Waals surface area contributed by atoms with Crippen molar-refractivity contribution in [2.24, 2.45) is 7.05 Å². The third-order valence-electron chi connectivity index (χ3n) is 5.87. The maximum absolute atomic E-state index is 13.8. The number of aryl methyl sites for hydroxylation is 2. The first-order valence-electron chi connectivity index (χ1n) is 11.6. The van der Waals surface area contributed by atoms with E-state index in [0.717, 1.165) is 26.9 Å². The molecule has 0 aliphatic carbocycles. The van der Waals surface area contributed by atoms with Crippen LogP contribution in [0.4, 0.5) is 5.82 Å². The summed E-state index contributed by atoms with van der Waals surface area (Å²) in [6, 6.07) is 6.95. The number of anilines is 1. The summed E-state index contributed by atoms with van der Waals surface area (Å²) in [4.78, 5) is 45.7. The lowest BCUT2D eigenvalue weighted by Gasteiger charge is -2.18. The molecule has 1 amide bonds. The van der Waals surface area contributed by atoms with Gasteiger partial charge in [-0.3, -0.25) is 18.8 Å². The van der Waals surface area contributed by atoms with E-state index in [1.54, 1.807) is 14.0 Å². The van der Waals surface area contributed by atoms with Gasteiger partial charge < -0.3 is 10.1 Å². The zero-order valence-corrected chi connectivity index (χ0v) is 22.8. The van der Waals surface area contributed by atoms with Crippen molar-refractivity contribution in [2.45, 2.75) is 39.7 Å². The second-order valence-electron chi connectivity index (χ2n) is 8.06. The molecule has 4 aromatic rings. The van der Waals surface area contributed by atoms with E-state index in [1.807, 2.05) is 38.1 Å². The fourth-order valence-electron chi connectivity index (χ4n) is 4.10. The topological polar surface area (TPSA) is 108 Å². The number of halogens is 1. The molecule has 0 radical (unpaired) electrons. The maximum Gasteiger partial charge on any atom is 0.343 e. The molecule has 11 heteroatoms. The van der Waals surface area contributed by atoms with Crippen LogP contribution in [0.15, 0.2) is 46.1 Å². The van der Waals surface area contributed by atoms with Crippen molar-refractivity contribution in [2.75, 3.05) is 11.9 Å². The van der Waals surface area contributed by atoms with Gasteiger partial charge >= 0.3 is 5.97 Å². The molecule has 9 nitrogen and oxygen atoms in total. The second-order valence-corrected chi connectivity index (χ2v) is 10.1. The Balaban J connectivity index is 1.77. The molecule has 0 aliphatic heterocycles. The van der Waals surface area contributed by atoms with Gasteiger partial charge in [0.2, 0.25) is 5.91 Å². The van der Waals surface area contributed by atoms with Gasteiger partial charge in [0, 0.05) is 22.0 Å². The minimum absolute atomic E-state index is 0.145. The maximum atomic E-state index is 13.8. The van der Waals surface area contributed by atoms with Gasteiger partial charge in [-0.25, -0.2) is 9.78 Å². The molecule has 0 fully saturated rings. The van der Waals surface area contributed by atoms with E-state index in [9.17, 15) is 14.4 Å². The summed E-state index contributed by atoms with van der Waals surface area (Å²) < 4.78 is 8.77. The lowest BCUT2D eigenvalue weighted by atomic mass is 10.0. The number of fused-ring (bicyclic) bond motifs is 1. The molecule has 188 valence electrons. The van der Waals surface area contributed by atoms with Crippen LogP contribution in [0.2, 0.25) is 0 Å². The molecule has 4 rings (SSSR count). The first kappa shape index (κ1) is 25.8. The molecule has 1 atom stereocenters. The first-order chi connectivity index (χ1) is 17.3. The monoisotopic (exact) mass is 571 g/mol. The molecule has 0 aliphatic rings. The van der Waals surface area contributed by atoms with E-state index in [-0.39, 0.29) is 23.5 Å². The van der Waals surface area contributed by atoms with Crippen LogP contribution in [-0.2, 0) is 23.0 Å². The summed E-state index contributed by atoms with van der Waals surface area (Å²) >= 11 is 4.95. The zero-order valence-electron chi connectivity index (χ0n) is 20.4. The number of thiophene rings is 1. The van der Waals surface area contributed by atoms with Gasteiger partial charge in [-0.15, -0.1) is 11.3 Å². The average Bonchev–Trinajstić information content (AvgIpc) is 3.42. The third-order valence-corrected chi connectivity index (χ3v) is 7.64. The van der Waals surface area contributed by atoms with Gasteiger partial charge in [0.15, 0.2) is 0 Å². The van der Waals surface area contributed by atoms with E-state index in [2.05, 4.69) is 31.3 Å². The number of carbonyl (C=O) groups excluding carboxylic acids is 2. The van der Waals surface area contributed by atoms with Crippen molar-refractivity contribution in [3.05, 3.63) is 62.1 Å². The van der Waals surface area contributed by atoms with E-state index in [1.165, 1.54) is 33.1 Å². The Morgan fingerprint density at radius 2 is 1.92 bits per heavy atom. The summed E-state index contributed by atoms with van der Waals surface area (Å²) in [5, 5.41) is 7.33. The van der Waals surface area contributed by atoms with Crippen LogP contribution in [0.1, 0.15) is 48.5 Å². The van der Waals surface area contributed by atoms with Gasteiger partial charge in [-0.2, -0.15) is 5.10 Å². The summed E-state index contributed by atoms with van der Waals surface area (Å²) in [7, 11) is 1.61. The number of aromatic nitrogens is 4. The third kappa shape index (κ3) is 4.72. The largest absolute Gasteiger partial charge is 0.462 e. The van der Waals surface area contributed by atoms with Crippen molar-refractivity contribution in [1.29, 1.82) is 0 Å². The summed E-state index contributed by atoms with van der Waals surface area (Å²) in [6.45, 7) is 5.76. The number of nitrogens with zero attached hydrogens (tertiary/aromatic N) is 4. The van der Waals surface area contributed by atoms with Gasteiger partial charge in [-0.05, 0) is 37.5 Å². The standard InChI is InChI=1S/C25H26BrN5O4S/c1-5-17(22(32)29-21-16(12-28-30(21)4)25(34)35-7-3)31-13-27-23-20(24(31)33)19(18(6-2)36-23)14-8-10-15(26)11-9-14/h8-13,17H,5-7H2,1-4H3,(H,29,32). The van der Waals surface area contributed by atoms with Crippen LogP contribution < -0.4 is 10.9 Å². The number of nitrogens with one attached hydrogen (secondary N) is 1. The molecule has 3 heterocycles. The SMILES string of the molecule is CCOC(=O)c1cnn(C)c1NC(=O)C(CC)n1cnc2sc(CC)c(-c3ccc(Br)cc3)c2c1=O. The Hall–Kier alpha value is -3.31. The number of ether oxygens (including phenoxy) is 1. The summed E-state index contributed by atoms with van der Waals surface area (Å²) in [6.07, 6.45) is 3.86. The van der Waals surface area contributed by atoms with Crippen LogP contribution >= 0.6 is 27.3 Å². The molecule has 1 unspecified atom stereocenters. The van der Waals surface area contributed by atoms with Crippen LogP contribution in [-0.4, -0.2) is 37.8 Å². The number of amides is 1. The fraction of sp³-hybridized carbons (Fsp3) is 0.320. The Morgan fingerprint density at radius 3 is 2.56 bits per heavy atom. The van der Waals surface area contributed by atoms with Crippen LogP contribution in [0.25, 0.3) is 21.3 Å².